The molecule has 0 aliphatic carbocycles. The Morgan fingerprint density at radius 1 is 1.59 bits per heavy atom. The molecule has 1 rings (SSSR count). The van der Waals surface area contributed by atoms with Gasteiger partial charge < -0.3 is 10.8 Å². The first-order chi connectivity index (χ1) is 7.95. The molecule has 0 heterocycles. The van der Waals surface area contributed by atoms with Crippen molar-refractivity contribution in [1.29, 1.82) is 0 Å². The molecule has 1 unspecified atom stereocenters. The highest BCUT2D eigenvalue weighted by Gasteiger charge is 2.20. The van der Waals surface area contributed by atoms with Gasteiger partial charge in [-0.3, -0.25) is 14.9 Å². The summed E-state index contributed by atoms with van der Waals surface area (Å²) < 4.78 is 13.4. The molecule has 0 amide bonds. The van der Waals surface area contributed by atoms with Gasteiger partial charge in [-0.2, -0.15) is 0 Å². The Morgan fingerprint density at radius 2 is 2.24 bits per heavy atom. The number of hydrogen-bond acceptors (Lipinski definition) is 4. The summed E-state index contributed by atoms with van der Waals surface area (Å²) in [6.07, 6.45) is -0.366. The van der Waals surface area contributed by atoms with Crippen molar-refractivity contribution in [2.45, 2.75) is 12.3 Å². The monoisotopic (exact) mass is 242 g/mol. The number of non-ortho nitro benzene ring substituents is 1. The van der Waals surface area contributed by atoms with E-state index in [0.717, 1.165) is 18.2 Å². The van der Waals surface area contributed by atoms with Crippen LogP contribution in [0.15, 0.2) is 18.2 Å². The molecule has 0 aromatic heterocycles. The molecule has 17 heavy (non-hydrogen) atoms. The molecule has 0 aliphatic rings. The third-order valence-corrected chi connectivity index (χ3v) is 2.34. The average Bonchev–Trinajstić information content (AvgIpc) is 2.26. The number of carboxylic acid groups (broad SMARTS) is 1. The number of nitrogens with two attached hydrogens (primary N) is 1. The summed E-state index contributed by atoms with van der Waals surface area (Å²) >= 11 is 0. The number of benzene rings is 1. The van der Waals surface area contributed by atoms with E-state index in [1.54, 1.807) is 0 Å². The third kappa shape index (κ3) is 3.22. The molecular weight excluding hydrogens is 231 g/mol. The minimum atomic E-state index is -1.13. The van der Waals surface area contributed by atoms with Crippen LogP contribution in [0.25, 0.3) is 0 Å². The zero-order valence-corrected chi connectivity index (χ0v) is 8.80. The van der Waals surface area contributed by atoms with Crippen molar-refractivity contribution < 1.29 is 19.2 Å². The van der Waals surface area contributed by atoms with Crippen molar-refractivity contribution in [2.24, 2.45) is 5.73 Å². The molecule has 0 fully saturated rings. The normalized spacial score (nSPS) is 12.1. The summed E-state index contributed by atoms with van der Waals surface area (Å²) in [5.74, 6) is -2.59. The topological polar surface area (TPSA) is 106 Å². The van der Waals surface area contributed by atoms with Gasteiger partial charge in [0.15, 0.2) is 0 Å². The first-order valence-corrected chi connectivity index (χ1v) is 4.81. The van der Waals surface area contributed by atoms with Gasteiger partial charge in [-0.05, 0) is 18.2 Å². The zero-order valence-electron chi connectivity index (χ0n) is 8.80. The maximum atomic E-state index is 13.4. The molecule has 0 spiro atoms. The van der Waals surface area contributed by atoms with E-state index in [1.807, 2.05) is 0 Å². The van der Waals surface area contributed by atoms with Crippen LogP contribution in [-0.4, -0.2) is 22.5 Å². The van der Waals surface area contributed by atoms with Crippen molar-refractivity contribution >= 4 is 11.7 Å². The predicted octanol–water partition coefficient (Wildman–Crippen LogP) is 1.25. The first-order valence-electron chi connectivity index (χ1n) is 4.81. The lowest BCUT2D eigenvalue weighted by molar-refractivity contribution is -0.385. The highest BCUT2D eigenvalue weighted by molar-refractivity contribution is 5.68. The summed E-state index contributed by atoms with van der Waals surface area (Å²) in [7, 11) is 0. The highest BCUT2D eigenvalue weighted by Crippen LogP contribution is 2.25. The Kier molecular flexibility index (Phi) is 4.11. The second-order valence-corrected chi connectivity index (χ2v) is 3.49. The van der Waals surface area contributed by atoms with Gasteiger partial charge in [0, 0.05) is 18.1 Å². The van der Waals surface area contributed by atoms with Crippen LogP contribution in [0.2, 0.25) is 0 Å². The molecule has 3 N–H and O–H groups in total. The van der Waals surface area contributed by atoms with Gasteiger partial charge in [-0.15, -0.1) is 0 Å². The van der Waals surface area contributed by atoms with E-state index in [-0.39, 0.29) is 24.2 Å². The maximum absolute atomic E-state index is 13.4. The molecule has 92 valence electrons. The fraction of sp³-hybridized carbons (Fsp3) is 0.300. The van der Waals surface area contributed by atoms with Gasteiger partial charge in [0.25, 0.3) is 5.69 Å². The molecule has 1 atom stereocenters. The molecule has 0 saturated heterocycles. The van der Waals surface area contributed by atoms with Crippen LogP contribution in [0.5, 0.6) is 0 Å². The first kappa shape index (κ1) is 13.0. The molecule has 1 aromatic carbocycles. The lowest BCUT2D eigenvalue weighted by atomic mass is 9.95. The van der Waals surface area contributed by atoms with Crippen LogP contribution in [0.4, 0.5) is 10.1 Å². The van der Waals surface area contributed by atoms with Gasteiger partial charge in [0.2, 0.25) is 0 Å². The number of halogens is 1. The standard InChI is InChI=1S/C10H11FN2O4/c11-9-2-1-7(13(16)17)4-8(9)6(5-12)3-10(14)15/h1-2,4,6H,3,5,12H2,(H,14,15). The molecule has 0 bridgehead atoms. The van der Waals surface area contributed by atoms with Crippen LogP contribution >= 0.6 is 0 Å². The zero-order chi connectivity index (χ0) is 13.0. The van der Waals surface area contributed by atoms with Gasteiger partial charge in [-0.25, -0.2) is 4.39 Å². The van der Waals surface area contributed by atoms with Crippen LogP contribution in [0.3, 0.4) is 0 Å². The molecular formula is C10H11FN2O4. The lowest BCUT2D eigenvalue weighted by Gasteiger charge is -2.13. The molecule has 6 nitrogen and oxygen atoms in total. The molecule has 1 aromatic rings. The van der Waals surface area contributed by atoms with E-state index in [4.69, 9.17) is 10.8 Å². The van der Waals surface area contributed by atoms with Crippen LogP contribution < -0.4 is 5.73 Å². The minimum Gasteiger partial charge on any atom is -0.481 e. The smallest absolute Gasteiger partial charge is 0.304 e. The number of nitrogens with zero attached hydrogens (tertiary/aromatic N) is 1. The number of rotatable bonds is 5. The Bertz CT molecular complexity index is 450. The summed E-state index contributed by atoms with van der Waals surface area (Å²) in [6, 6.07) is 2.99. The van der Waals surface area contributed by atoms with Gasteiger partial charge in [0.1, 0.15) is 5.82 Å². The van der Waals surface area contributed by atoms with Crippen molar-refractivity contribution in [3.8, 4) is 0 Å². The molecule has 0 radical (unpaired) electrons. The highest BCUT2D eigenvalue weighted by atomic mass is 19.1. The van der Waals surface area contributed by atoms with Gasteiger partial charge in [0.05, 0.1) is 11.3 Å². The van der Waals surface area contributed by atoms with E-state index < -0.39 is 22.6 Å². The largest absolute Gasteiger partial charge is 0.481 e. The second-order valence-electron chi connectivity index (χ2n) is 3.49. The van der Waals surface area contributed by atoms with E-state index >= 15 is 0 Å². The average molecular weight is 242 g/mol. The number of nitro groups is 1. The summed E-state index contributed by atoms with van der Waals surface area (Å²) in [6.45, 7) is -0.0929. The second kappa shape index (κ2) is 5.35. The third-order valence-electron chi connectivity index (χ3n) is 2.34. The maximum Gasteiger partial charge on any atom is 0.304 e. The van der Waals surface area contributed by atoms with Crippen molar-refractivity contribution in [1.82, 2.24) is 0 Å². The van der Waals surface area contributed by atoms with Crippen molar-refractivity contribution in [2.75, 3.05) is 6.54 Å². The quantitative estimate of drug-likeness (QED) is 0.597. The van der Waals surface area contributed by atoms with Crippen LogP contribution in [0.1, 0.15) is 17.9 Å². The van der Waals surface area contributed by atoms with Crippen LogP contribution in [-0.2, 0) is 4.79 Å². The number of aliphatic carboxylic acids is 1. The summed E-state index contributed by atoms with van der Waals surface area (Å²) in [5.41, 5.74) is 5.02. The fourth-order valence-electron chi connectivity index (χ4n) is 1.49. The molecule has 7 heteroatoms. The number of carboxylic acids is 1. The minimum absolute atomic E-state index is 0.0379. The van der Waals surface area contributed by atoms with Crippen molar-refractivity contribution in [3.05, 3.63) is 39.7 Å². The molecule has 0 aliphatic heterocycles. The van der Waals surface area contributed by atoms with Crippen molar-refractivity contribution in [3.63, 3.8) is 0 Å². The SMILES string of the molecule is NCC(CC(=O)O)c1cc([N+](=O)[O-])ccc1F. The fourth-order valence-corrected chi connectivity index (χ4v) is 1.49. The van der Waals surface area contributed by atoms with Gasteiger partial charge in [-0.1, -0.05) is 0 Å². The summed E-state index contributed by atoms with van der Waals surface area (Å²) in [5, 5.41) is 19.2. The Balaban J connectivity index is 3.12. The Hall–Kier alpha value is -2.02. The van der Waals surface area contributed by atoms with Crippen LogP contribution in [0, 0.1) is 15.9 Å². The number of hydrogen-bond donors (Lipinski definition) is 2. The van der Waals surface area contributed by atoms with E-state index in [1.165, 1.54) is 0 Å². The predicted molar refractivity (Wildman–Crippen MR) is 57.1 cm³/mol. The summed E-state index contributed by atoms with van der Waals surface area (Å²) in [4.78, 5) is 20.4. The lowest BCUT2D eigenvalue weighted by Crippen LogP contribution is -2.17. The van der Waals surface area contributed by atoms with E-state index in [2.05, 4.69) is 0 Å². The van der Waals surface area contributed by atoms with Gasteiger partial charge >= 0.3 is 5.97 Å². The Morgan fingerprint density at radius 3 is 2.71 bits per heavy atom. The number of nitro benzene ring substituents is 1. The number of carbonyl (C=O) groups is 1. The van der Waals surface area contributed by atoms with E-state index in [9.17, 15) is 19.3 Å². The van der Waals surface area contributed by atoms with E-state index in [0.29, 0.717) is 0 Å². The molecule has 0 saturated carbocycles. The Labute approximate surface area is 96.0 Å².